The van der Waals surface area contributed by atoms with Crippen molar-refractivity contribution in [1.82, 2.24) is 29.1 Å². The molecule has 7 aromatic carbocycles. The molecule has 0 aliphatic heterocycles. The number of thiophene rings is 2. The number of benzene rings is 7. The third kappa shape index (κ3) is 6.07. The molecule has 0 amide bonds. The number of hydrogen-bond donors (Lipinski definition) is 0. The molecule has 62 heavy (non-hydrogen) atoms. The molecule has 0 atom stereocenters. The minimum atomic E-state index is 0.994. The first-order valence-corrected chi connectivity index (χ1v) is 22.1. The lowest BCUT2D eigenvalue weighted by Gasteiger charge is -2.13. The molecule has 6 nitrogen and oxygen atoms in total. The van der Waals surface area contributed by atoms with Crippen LogP contribution in [0.5, 0.6) is 0 Å². The average molecular weight is 831 g/mol. The predicted octanol–water partition coefficient (Wildman–Crippen LogP) is 14.6. The Kier molecular flexibility index (Phi) is 8.76. The van der Waals surface area contributed by atoms with E-state index in [0.717, 1.165) is 33.4 Å². The monoisotopic (exact) mass is 830 g/mol. The van der Waals surface area contributed by atoms with Gasteiger partial charge in [-0.2, -0.15) is 0 Å². The molecule has 0 radical (unpaired) electrons. The molecule has 13 rings (SSSR count). The van der Waals surface area contributed by atoms with E-state index in [1.54, 1.807) is 24.0 Å². The van der Waals surface area contributed by atoms with Crippen molar-refractivity contribution in [3.63, 3.8) is 0 Å². The Balaban J connectivity index is 0.000000135. The van der Waals surface area contributed by atoms with Gasteiger partial charge in [0.2, 0.25) is 0 Å². The Hall–Kier alpha value is -7.78. The van der Waals surface area contributed by atoms with Gasteiger partial charge in [-0.1, -0.05) is 140 Å². The van der Waals surface area contributed by atoms with E-state index >= 15 is 0 Å². The zero-order chi connectivity index (χ0) is 41.0. The summed E-state index contributed by atoms with van der Waals surface area (Å²) in [6, 6.07) is 64.2. The lowest BCUT2D eigenvalue weighted by atomic mass is 9.98. The van der Waals surface area contributed by atoms with Crippen molar-refractivity contribution < 1.29 is 0 Å². The fraction of sp³-hybridized carbons (Fsp3) is 0. The Labute approximate surface area is 364 Å². The highest BCUT2D eigenvalue weighted by molar-refractivity contribution is 7.26. The summed E-state index contributed by atoms with van der Waals surface area (Å²) in [5.74, 6) is 0. The lowest BCUT2D eigenvalue weighted by molar-refractivity contribution is 1.15. The molecule has 0 aliphatic carbocycles. The van der Waals surface area contributed by atoms with Crippen molar-refractivity contribution in [2.75, 3.05) is 0 Å². The van der Waals surface area contributed by atoms with E-state index in [2.05, 4.69) is 200 Å². The van der Waals surface area contributed by atoms with E-state index in [1.807, 2.05) is 29.8 Å². The highest BCUT2D eigenvalue weighted by Gasteiger charge is 2.21. The van der Waals surface area contributed by atoms with E-state index in [1.165, 1.54) is 74.0 Å². The molecule has 0 aliphatic rings. The molecule has 0 saturated heterocycles. The maximum absolute atomic E-state index is 4.71. The lowest BCUT2D eigenvalue weighted by Crippen LogP contribution is -1.95. The van der Waals surface area contributed by atoms with Gasteiger partial charge in [-0.15, -0.1) is 22.7 Å². The molecule has 0 saturated carbocycles. The Bertz CT molecular complexity index is 3700. The van der Waals surface area contributed by atoms with Gasteiger partial charge in [-0.05, 0) is 75.8 Å². The van der Waals surface area contributed by atoms with Crippen LogP contribution in [0.25, 0.3) is 107 Å². The van der Waals surface area contributed by atoms with E-state index in [-0.39, 0.29) is 0 Å². The standard InChI is InChI=1S/C30H19N3S.C24H15N3S/c1-3-9-20(10-4-1)22-15-23(21-11-5-2-6-12-21)17-24(16-22)33-26-18-31-19-32-29(26)28-25-13-7-8-14-27(25)34-30(28)33;1-2-7-16(8-3-1)17-9-6-10-18(13-17)27-20-14-25-15-26-23(20)22-19-11-4-5-12-21(19)28-24(22)27/h1-19H;1-15H. The first-order chi connectivity index (χ1) is 30.8. The van der Waals surface area contributed by atoms with Crippen molar-refractivity contribution in [3.8, 4) is 44.8 Å². The number of nitrogens with zero attached hydrogens (tertiary/aromatic N) is 6. The highest BCUT2D eigenvalue weighted by atomic mass is 32.1. The summed E-state index contributed by atoms with van der Waals surface area (Å²) in [5.41, 5.74) is 13.5. The van der Waals surface area contributed by atoms with Crippen molar-refractivity contribution in [1.29, 1.82) is 0 Å². The van der Waals surface area contributed by atoms with Gasteiger partial charge in [-0.25, -0.2) is 19.9 Å². The first-order valence-electron chi connectivity index (χ1n) is 20.4. The van der Waals surface area contributed by atoms with Crippen LogP contribution in [0.2, 0.25) is 0 Å². The van der Waals surface area contributed by atoms with Gasteiger partial charge in [0.1, 0.15) is 33.3 Å². The predicted molar refractivity (Wildman–Crippen MR) is 260 cm³/mol. The van der Waals surface area contributed by atoms with Crippen LogP contribution in [-0.4, -0.2) is 29.1 Å². The molecule has 0 fully saturated rings. The molecule has 6 aromatic heterocycles. The molecule has 0 N–H and O–H groups in total. The van der Waals surface area contributed by atoms with Gasteiger partial charge < -0.3 is 0 Å². The molecule has 292 valence electrons. The van der Waals surface area contributed by atoms with Crippen LogP contribution in [0.3, 0.4) is 0 Å². The fourth-order valence-electron chi connectivity index (χ4n) is 8.72. The van der Waals surface area contributed by atoms with Gasteiger partial charge in [0.25, 0.3) is 0 Å². The normalized spacial score (nSPS) is 11.5. The second-order valence-electron chi connectivity index (χ2n) is 15.2. The second kappa shape index (κ2) is 15.0. The summed E-state index contributed by atoms with van der Waals surface area (Å²) in [4.78, 5) is 20.4. The summed E-state index contributed by atoms with van der Waals surface area (Å²) in [6.07, 6.45) is 7.13. The van der Waals surface area contributed by atoms with Crippen LogP contribution in [0.4, 0.5) is 0 Å². The molecule has 0 bridgehead atoms. The number of rotatable bonds is 5. The maximum Gasteiger partial charge on any atom is 0.116 e. The van der Waals surface area contributed by atoms with E-state index in [4.69, 9.17) is 4.98 Å². The Morgan fingerprint density at radius 1 is 0.355 bits per heavy atom. The van der Waals surface area contributed by atoms with Gasteiger partial charge in [0, 0.05) is 42.3 Å². The smallest absolute Gasteiger partial charge is 0.116 e. The zero-order valence-electron chi connectivity index (χ0n) is 33.1. The molecule has 13 aromatic rings. The SMILES string of the molecule is c1ccc(-c2cc(-c3ccccc3)cc(-n3c4cncnc4c4c5ccccc5sc43)c2)cc1.c1ccc(-c2cccc(-n3c4cncnc4c4c5ccccc5sc43)c2)cc1. The van der Waals surface area contributed by atoms with Crippen LogP contribution in [0.15, 0.2) is 207 Å². The summed E-state index contributed by atoms with van der Waals surface area (Å²) in [6.45, 7) is 0. The van der Waals surface area contributed by atoms with Crippen LogP contribution < -0.4 is 0 Å². The molecule has 6 heterocycles. The van der Waals surface area contributed by atoms with Crippen molar-refractivity contribution in [2.24, 2.45) is 0 Å². The number of hydrogen-bond acceptors (Lipinski definition) is 6. The van der Waals surface area contributed by atoms with Crippen molar-refractivity contribution >= 4 is 85.3 Å². The third-order valence-electron chi connectivity index (χ3n) is 11.5. The summed E-state index contributed by atoms with van der Waals surface area (Å²) < 4.78 is 7.17. The van der Waals surface area contributed by atoms with Crippen LogP contribution in [-0.2, 0) is 0 Å². The van der Waals surface area contributed by atoms with Crippen LogP contribution >= 0.6 is 22.7 Å². The van der Waals surface area contributed by atoms with Crippen LogP contribution in [0, 0.1) is 0 Å². The summed E-state index contributed by atoms with van der Waals surface area (Å²) >= 11 is 3.61. The van der Waals surface area contributed by atoms with Gasteiger partial charge in [0.05, 0.1) is 23.4 Å². The fourth-order valence-corrected chi connectivity index (χ4v) is 11.2. The number of aromatic nitrogens is 6. The molecular weight excluding hydrogens is 797 g/mol. The quantitative estimate of drug-likeness (QED) is 0.173. The van der Waals surface area contributed by atoms with Gasteiger partial charge >= 0.3 is 0 Å². The van der Waals surface area contributed by atoms with Crippen LogP contribution in [0.1, 0.15) is 0 Å². The zero-order valence-corrected chi connectivity index (χ0v) is 34.8. The minimum absolute atomic E-state index is 0.994. The summed E-state index contributed by atoms with van der Waals surface area (Å²) in [5, 5.41) is 4.91. The largest absolute Gasteiger partial charge is 0.298 e. The topological polar surface area (TPSA) is 61.4 Å². The van der Waals surface area contributed by atoms with Crippen molar-refractivity contribution in [2.45, 2.75) is 0 Å². The molecular formula is C54H34N6S2. The highest BCUT2D eigenvalue weighted by Crippen LogP contribution is 2.44. The van der Waals surface area contributed by atoms with E-state index in [0.29, 0.717) is 0 Å². The first kappa shape index (κ1) is 36.1. The average Bonchev–Trinajstić information content (AvgIpc) is 4.09. The maximum atomic E-state index is 4.71. The third-order valence-corrected chi connectivity index (χ3v) is 13.8. The summed E-state index contributed by atoms with van der Waals surface area (Å²) in [7, 11) is 0. The molecule has 0 unspecified atom stereocenters. The van der Waals surface area contributed by atoms with E-state index < -0.39 is 0 Å². The molecule has 0 spiro atoms. The van der Waals surface area contributed by atoms with E-state index in [9.17, 15) is 0 Å². The number of fused-ring (bicyclic) bond motifs is 10. The minimum Gasteiger partial charge on any atom is -0.298 e. The Morgan fingerprint density at radius 3 is 1.29 bits per heavy atom. The van der Waals surface area contributed by atoms with Crippen molar-refractivity contribution in [3.05, 3.63) is 207 Å². The van der Waals surface area contributed by atoms with Gasteiger partial charge in [0.15, 0.2) is 0 Å². The Morgan fingerprint density at radius 2 is 0.774 bits per heavy atom. The van der Waals surface area contributed by atoms with Gasteiger partial charge in [-0.3, -0.25) is 9.13 Å². The molecule has 8 heteroatoms. The second-order valence-corrected chi connectivity index (χ2v) is 17.2.